The van der Waals surface area contributed by atoms with Crippen LogP contribution in [0.3, 0.4) is 0 Å². The Morgan fingerprint density at radius 1 is 1.60 bits per heavy atom. The van der Waals surface area contributed by atoms with E-state index in [0.29, 0.717) is 5.69 Å². The smallest absolute Gasteiger partial charge is 0.242 e. The van der Waals surface area contributed by atoms with Gasteiger partial charge in [0.1, 0.15) is 6.54 Å². The molecule has 0 saturated carbocycles. The van der Waals surface area contributed by atoms with Crippen LogP contribution in [0.1, 0.15) is 42.9 Å². The second kappa shape index (κ2) is 6.62. The van der Waals surface area contributed by atoms with E-state index in [-0.39, 0.29) is 24.5 Å². The molecule has 0 aliphatic heterocycles. The predicted octanol–water partition coefficient (Wildman–Crippen LogP) is 1.63. The first-order valence-corrected chi connectivity index (χ1v) is 7.46. The van der Waals surface area contributed by atoms with E-state index < -0.39 is 0 Å². The van der Waals surface area contributed by atoms with Crippen molar-refractivity contribution < 1.29 is 4.79 Å². The van der Waals surface area contributed by atoms with Crippen molar-refractivity contribution in [2.45, 2.75) is 38.9 Å². The second-order valence-electron chi connectivity index (χ2n) is 4.66. The summed E-state index contributed by atoms with van der Waals surface area (Å²) in [7, 11) is 0. The van der Waals surface area contributed by atoms with Gasteiger partial charge in [-0.05, 0) is 24.8 Å². The highest BCUT2D eigenvalue weighted by Gasteiger charge is 2.13. The van der Waals surface area contributed by atoms with Crippen molar-refractivity contribution >= 4 is 17.2 Å². The normalized spacial score (nSPS) is 13.9. The topological polar surface area (TPSA) is 85.8 Å². The summed E-state index contributed by atoms with van der Waals surface area (Å²) in [5.74, 6) is -0.0904. The third kappa shape index (κ3) is 3.64. The van der Waals surface area contributed by atoms with Crippen molar-refractivity contribution in [3.8, 4) is 0 Å². The molecule has 20 heavy (non-hydrogen) atoms. The molecule has 0 aromatic carbocycles. The van der Waals surface area contributed by atoms with Gasteiger partial charge in [0.25, 0.3) is 0 Å². The Hall–Kier alpha value is -1.73. The minimum absolute atomic E-state index is 0.00314. The molecule has 2 aromatic heterocycles. The van der Waals surface area contributed by atoms with E-state index in [9.17, 15) is 4.79 Å². The maximum absolute atomic E-state index is 11.9. The Morgan fingerprint density at radius 2 is 2.40 bits per heavy atom. The summed E-state index contributed by atoms with van der Waals surface area (Å²) in [6, 6.07) is 3.85. The van der Waals surface area contributed by atoms with Crippen LogP contribution in [0.15, 0.2) is 23.7 Å². The zero-order valence-corrected chi connectivity index (χ0v) is 12.4. The van der Waals surface area contributed by atoms with E-state index in [1.165, 1.54) is 4.68 Å². The molecule has 2 atom stereocenters. The molecule has 0 aliphatic rings. The van der Waals surface area contributed by atoms with Crippen LogP contribution in [-0.2, 0) is 11.3 Å². The fraction of sp³-hybridized carbons (Fsp3) is 0.462. The first-order chi connectivity index (χ1) is 9.60. The number of amides is 1. The summed E-state index contributed by atoms with van der Waals surface area (Å²) in [5.41, 5.74) is 6.58. The lowest BCUT2D eigenvalue weighted by Gasteiger charge is -2.11. The van der Waals surface area contributed by atoms with Crippen LogP contribution in [0.5, 0.6) is 0 Å². The highest BCUT2D eigenvalue weighted by molar-refractivity contribution is 7.10. The standard InChI is InChI=1S/C13H19N5OS/c1-3-10(14)11-7-18(17-16-11)8-13(19)15-9(2)12-5-4-6-20-12/h4-7,9-10H,3,8,14H2,1-2H3,(H,15,19). The second-order valence-corrected chi connectivity index (χ2v) is 5.64. The van der Waals surface area contributed by atoms with Gasteiger partial charge < -0.3 is 11.1 Å². The molecule has 0 spiro atoms. The van der Waals surface area contributed by atoms with E-state index in [4.69, 9.17) is 5.73 Å². The summed E-state index contributed by atoms with van der Waals surface area (Å²) in [5, 5.41) is 12.8. The lowest BCUT2D eigenvalue weighted by molar-refractivity contribution is -0.122. The van der Waals surface area contributed by atoms with E-state index in [2.05, 4.69) is 15.6 Å². The van der Waals surface area contributed by atoms with Gasteiger partial charge in [-0.15, -0.1) is 16.4 Å². The Bertz CT molecular complexity index is 551. The molecule has 2 aromatic rings. The monoisotopic (exact) mass is 293 g/mol. The molecular formula is C13H19N5OS. The van der Waals surface area contributed by atoms with E-state index in [1.807, 2.05) is 31.4 Å². The quantitative estimate of drug-likeness (QED) is 0.847. The lowest BCUT2D eigenvalue weighted by Crippen LogP contribution is -2.29. The Morgan fingerprint density at radius 3 is 3.05 bits per heavy atom. The first kappa shape index (κ1) is 14.7. The van der Waals surface area contributed by atoms with Crippen LogP contribution in [0.2, 0.25) is 0 Å². The summed E-state index contributed by atoms with van der Waals surface area (Å²) in [6.07, 6.45) is 2.52. The van der Waals surface area contributed by atoms with Crippen molar-refractivity contribution in [2.24, 2.45) is 5.73 Å². The number of thiophene rings is 1. The number of nitrogens with one attached hydrogen (secondary N) is 1. The largest absolute Gasteiger partial charge is 0.347 e. The van der Waals surface area contributed by atoms with Crippen molar-refractivity contribution in [3.63, 3.8) is 0 Å². The minimum Gasteiger partial charge on any atom is -0.347 e. The number of hydrogen-bond donors (Lipinski definition) is 2. The van der Waals surface area contributed by atoms with E-state index >= 15 is 0 Å². The molecule has 2 rings (SSSR count). The van der Waals surface area contributed by atoms with Gasteiger partial charge in [-0.3, -0.25) is 4.79 Å². The maximum atomic E-state index is 11.9. The molecule has 0 bridgehead atoms. The molecule has 3 N–H and O–H groups in total. The highest BCUT2D eigenvalue weighted by atomic mass is 32.1. The fourth-order valence-corrected chi connectivity index (χ4v) is 2.55. The summed E-state index contributed by atoms with van der Waals surface area (Å²) in [6.45, 7) is 4.10. The number of nitrogens with zero attached hydrogens (tertiary/aromatic N) is 3. The van der Waals surface area contributed by atoms with Crippen molar-refractivity contribution in [1.82, 2.24) is 20.3 Å². The number of carbonyl (C=O) groups excluding carboxylic acids is 1. The van der Waals surface area contributed by atoms with Gasteiger partial charge >= 0.3 is 0 Å². The molecule has 2 heterocycles. The molecule has 1 amide bonds. The van der Waals surface area contributed by atoms with Crippen molar-refractivity contribution in [2.75, 3.05) is 0 Å². The zero-order valence-electron chi connectivity index (χ0n) is 11.6. The average molecular weight is 293 g/mol. The van der Waals surface area contributed by atoms with Crippen LogP contribution in [0, 0.1) is 0 Å². The number of rotatable bonds is 6. The van der Waals surface area contributed by atoms with Gasteiger partial charge in [0, 0.05) is 4.88 Å². The fourth-order valence-electron chi connectivity index (χ4n) is 1.81. The molecule has 0 radical (unpaired) electrons. The van der Waals surface area contributed by atoms with Crippen molar-refractivity contribution in [1.29, 1.82) is 0 Å². The third-order valence-corrected chi connectivity index (χ3v) is 4.08. The molecule has 6 nitrogen and oxygen atoms in total. The van der Waals surface area contributed by atoms with Crippen LogP contribution in [0.4, 0.5) is 0 Å². The summed E-state index contributed by atoms with van der Waals surface area (Å²) < 4.78 is 1.52. The summed E-state index contributed by atoms with van der Waals surface area (Å²) in [4.78, 5) is 13.1. The SMILES string of the molecule is CCC(N)c1cn(CC(=O)NC(C)c2cccs2)nn1. The Labute approximate surface area is 122 Å². The summed E-state index contributed by atoms with van der Waals surface area (Å²) >= 11 is 1.62. The van der Waals surface area contributed by atoms with Crippen LogP contribution in [0.25, 0.3) is 0 Å². The molecule has 2 unspecified atom stereocenters. The third-order valence-electron chi connectivity index (χ3n) is 3.03. The number of carbonyl (C=O) groups is 1. The minimum atomic E-state index is -0.128. The van der Waals surface area contributed by atoms with Crippen LogP contribution < -0.4 is 11.1 Å². The Balaban J connectivity index is 1.90. The van der Waals surface area contributed by atoms with Crippen LogP contribution >= 0.6 is 11.3 Å². The zero-order chi connectivity index (χ0) is 14.5. The van der Waals surface area contributed by atoms with Gasteiger partial charge in [-0.2, -0.15) is 0 Å². The van der Waals surface area contributed by atoms with E-state index in [1.54, 1.807) is 17.5 Å². The van der Waals surface area contributed by atoms with Gasteiger partial charge in [0.05, 0.1) is 24.0 Å². The van der Waals surface area contributed by atoms with Gasteiger partial charge in [0.15, 0.2) is 0 Å². The molecule has 0 fully saturated rings. The van der Waals surface area contributed by atoms with Crippen LogP contribution in [-0.4, -0.2) is 20.9 Å². The first-order valence-electron chi connectivity index (χ1n) is 6.58. The molecule has 108 valence electrons. The Kier molecular flexibility index (Phi) is 4.86. The van der Waals surface area contributed by atoms with Gasteiger partial charge in [-0.25, -0.2) is 4.68 Å². The van der Waals surface area contributed by atoms with Gasteiger partial charge in [0.2, 0.25) is 5.91 Å². The van der Waals surface area contributed by atoms with E-state index in [0.717, 1.165) is 11.3 Å². The maximum Gasteiger partial charge on any atom is 0.242 e. The number of hydrogen-bond acceptors (Lipinski definition) is 5. The molecular weight excluding hydrogens is 274 g/mol. The molecule has 7 heteroatoms. The average Bonchev–Trinajstić information content (AvgIpc) is 3.08. The van der Waals surface area contributed by atoms with Crippen molar-refractivity contribution in [3.05, 3.63) is 34.3 Å². The van der Waals surface area contributed by atoms with Gasteiger partial charge in [-0.1, -0.05) is 18.2 Å². The predicted molar refractivity (Wildman–Crippen MR) is 78.1 cm³/mol. The molecule has 0 saturated heterocycles. The number of aromatic nitrogens is 3. The highest BCUT2D eigenvalue weighted by Crippen LogP contribution is 2.17. The lowest BCUT2D eigenvalue weighted by atomic mass is 10.2. The molecule has 0 aliphatic carbocycles. The number of nitrogens with two attached hydrogens (primary N) is 1.